The molecule has 6 aromatic rings. The Bertz CT molecular complexity index is 1940. The van der Waals surface area contributed by atoms with Crippen molar-refractivity contribution in [1.29, 1.82) is 0 Å². The smallest absolute Gasteiger partial charge is 0.277 e. The predicted molar refractivity (Wildman–Crippen MR) is 156 cm³/mol. The molecule has 1 aromatic heterocycles. The molecular weight excluding hydrogens is 542 g/mol. The molecule has 198 valence electrons. The van der Waals surface area contributed by atoms with Gasteiger partial charge in [0.15, 0.2) is 0 Å². The first-order chi connectivity index (χ1) is 19.4. The van der Waals surface area contributed by atoms with E-state index in [1.54, 1.807) is 42.5 Å². The largest absolute Gasteiger partial charge is 0.292 e. The van der Waals surface area contributed by atoms with Crippen LogP contribution in [0, 0.1) is 0 Å². The Morgan fingerprint density at radius 3 is 1.55 bits per heavy atom. The molecule has 0 amide bonds. The summed E-state index contributed by atoms with van der Waals surface area (Å²) in [7, 11) is -9.05. The van der Waals surface area contributed by atoms with Crippen LogP contribution in [-0.2, 0) is 20.0 Å². The number of rotatable bonds is 7. The van der Waals surface area contributed by atoms with Crippen LogP contribution < -0.4 is 3.71 Å². The first kappa shape index (κ1) is 25.5. The van der Waals surface area contributed by atoms with E-state index in [0.29, 0.717) is 20.6 Å². The topological polar surface area (TPSA) is 89.3 Å². The highest BCUT2D eigenvalue weighted by atomic mass is 32.3. The molecule has 0 aliphatic heterocycles. The predicted octanol–water partition coefficient (Wildman–Crippen LogP) is 6.28. The van der Waals surface area contributed by atoms with Crippen LogP contribution in [0.25, 0.3) is 28.1 Å². The molecule has 6 rings (SSSR count). The minimum atomic E-state index is -4.53. The van der Waals surface area contributed by atoms with Crippen molar-refractivity contribution in [2.45, 2.75) is 9.79 Å². The summed E-state index contributed by atoms with van der Waals surface area (Å²) in [5, 5.41) is 0. The second kappa shape index (κ2) is 10.1. The minimum Gasteiger partial charge on any atom is -0.292 e. The number of imidazole rings is 1. The Morgan fingerprint density at radius 1 is 0.550 bits per heavy atom. The van der Waals surface area contributed by atoms with Crippen molar-refractivity contribution >= 4 is 36.8 Å². The van der Waals surface area contributed by atoms with Gasteiger partial charge in [-0.3, -0.25) is 4.57 Å². The molecule has 0 saturated heterocycles. The molecule has 0 spiro atoms. The van der Waals surface area contributed by atoms with Gasteiger partial charge in [-0.25, -0.2) is 21.8 Å². The number of anilines is 1. The zero-order valence-corrected chi connectivity index (χ0v) is 22.7. The van der Waals surface area contributed by atoms with Crippen molar-refractivity contribution in [3.05, 3.63) is 140 Å². The third-order valence-corrected chi connectivity index (χ3v) is 10.6. The van der Waals surface area contributed by atoms with Crippen molar-refractivity contribution in [3.8, 4) is 17.1 Å². The monoisotopic (exact) mass is 565 g/mol. The number of nitrogens with zero attached hydrogens (tertiary/aromatic N) is 3. The Hall–Kier alpha value is -4.73. The Balaban J connectivity index is 1.61. The lowest BCUT2D eigenvalue weighted by Gasteiger charge is -2.24. The number of para-hydroxylation sites is 1. The van der Waals surface area contributed by atoms with E-state index in [2.05, 4.69) is 0 Å². The van der Waals surface area contributed by atoms with Crippen LogP contribution in [0.15, 0.2) is 149 Å². The summed E-state index contributed by atoms with van der Waals surface area (Å²) in [6.45, 7) is 0. The Labute approximate surface area is 232 Å². The Kier molecular flexibility index (Phi) is 6.45. The maximum atomic E-state index is 13.9. The highest BCUT2D eigenvalue weighted by Gasteiger charge is 2.37. The van der Waals surface area contributed by atoms with Crippen LogP contribution in [0.2, 0.25) is 0 Å². The number of sulfonamides is 2. The van der Waals surface area contributed by atoms with E-state index in [-0.39, 0.29) is 15.5 Å². The summed E-state index contributed by atoms with van der Waals surface area (Å²) in [4.78, 5) is 4.57. The molecule has 40 heavy (non-hydrogen) atoms. The summed E-state index contributed by atoms with van der Waals surface area (Å²) in [6.07, 6.45) is 0. The van der Waals surface area contributed by atoms with Gasteiger partial charge in [0.05, 0.1) is 26.5 Å². The quantitative estimate of drug-likeness (QED) is 0.227. The van der Waals surface area contributed by atoms with Crippen molar-refractivity contribution in [2.75, 3.05) is 3.71 Å². The lowest BCUT2D eigenvalue weighted by atomic mass is 10.2. The summed E-state index contributed by atoms with van der Waals surface area (Å²) in [5.74, 6) is 0.641. The molecule has 0 fully saturated rings. The van der Waals surface area contributed by atoms with E-state index in [4.69, 9.17) is 4.98 Å². The van der Waals surface area contributed by atoms with E-state index in [0.717, 1.165) is 11.3 Å². The summed E-state index contributed by atoms with van der Waals surface area (Å²) in [5.41, 5.74) is 2.81. The number of hydrogen-bond acceptors (Lipinski definition) is 5. The highest BCUT2D eigenvalue weighted by Crippen LogP contribution is 2.35. The molecule has 0 unspecified atom stereocenters. The molecule has 1 heterocycles. The third-order valence-electron chi connectivity index (χ3n) is 6.41. The first-order valence-electron chi connectivity index (χ1n) is 12.4. The molecule has 0 bridgehead atoms. The molecule has 5 aromatic carbocycles. The average molecular weight is 566 g/mol. The lowest BCUT2D eigenvalue weighted by molar-refractivity contribution is 0.584. The molecular formula is C31H23N3O4S2. The molecule has 0 aliphatic carbocycles. The summed E-state index contributed by atoms with van der Waals surface area (Å²) in [6, 6.07) is 39.0. The molecule has 0 atom stereocenters. The van der Waals surface area contributed by atoms with E-state index < -0.39 is 20.0 Å². The maximum absolute atomic E-state index is 13.9. The third kappa shape index (κ3) is 4.45. The van der Waals surface area contributed by atoms with Crippen LogP contribution >= 0.6 is 0 Å². The fourth-order valence-corrected chi connectivity index (χ4v) is 8.30. The van der Waals surface area contributed by atoms with Crippen LogP contribution in [0.4, 0.5) is 5.69 Å². The van der Waals surface area contributed by atoms with Gasteiger partial charge in [0.1, 0.15) is 5.82 Å². The van der Waals surface area contributed by atoms with Crippen molar-refractivity contribution in [2.24, 2.45) is 0 Å². The van der Waals surface area contributed by atoms with E-state index in [9.17, 15) is 16.8 Å². The number of fused-ring (bicyclic) bond motifs is 1. The second-order valence-electron chi connectivity index (χ2n) is 8.98. The average Bonchev–Trinajstić information content (AvgIpc) is 3.38. The standard InChI is InChI=1S/C31H23N3O4S2/c35-39(36,27-17-9-3-10-18-27)34(40(37,38)28-19-11-4-12-20-28)26-21-22-30-29(23-26)32-31(24-13-5-1-6-14-24)33(30)25-15-7-2-8-16-25/h1-23H. The van der Waals surface area contributed by atoms with Gasteiger partial charge in [-0.15, -0.1) is 0 Å². The minimum absolute atomic E-state index is 0.0440. The molecule has 0 radical (unpaired) electrons. The fraction of sp³-hybridized carbons (Fsp3) is 0. The van der Waals surface area contributed by atoms with Crippen LogP contribution in [0.5, 0.6) is 0 Å². The molecule has 0 saturated carbocycles. The van der Waals surface area contributed by atoms with Gasteiger partial charge in [-0.2, -0.15) is 3.71 Å². The van der Waals surface area contributed by atoms with Crippen LogP contribution in [0.1, 0.15) is 0 Å². The van der Waals surface area contributed by atoms with Gasteiger partial charge in [-0.05, 0) is 54.6 Å². The molecule has 7 nitrogen and oxygen atoms in total. The van der Waals surface area contributed by atoms with Crippen LogP contribution in [-0.4, -0.2) is 26.4 Å². The van der Waals surface area contributed by atoms with Gasteiger partial charge >= 0.3 is 0 Å². The van der Waals surface area contributed by atoms with E-state index in [1.807, 2.05) is 65.2 Å². The first-order valence-corrected chi connectivity index (χ1v) is 15.3. The normalized spacial score (nSPS) is 11.9. The van der Waals surface area contributed by atoms with Gasteiger partial charge in [-0.1, -0.05) is 84.9 Å². The molecule has 9 heteroatoms. The SMILES string of the molecule is O=S(=O)(c1ccccc1)N(c1ccc2c(c1)nc(-c1ccccc1)n2-c1ccccc1)S(=O)(=O)c1ccccc1. The number of hydrogen-bond donors (Lipinski definition) is 0. The van der Waals surface area contributed by atoms with Gasteiger partial charge in [0.2, 0.25) is 0 Å². The lowest BCUT2D eigenvalue weighted by Crippen LogP contribution is -2.37. The van der Waals surface area contributed by atoms with Crippen LogP contribution in [0.3, 0.4) is 0 Å². The highest BCUT2D eigenvalue weighted by molar-refractivity contribution is 8.10. The number of aromatic nitrogens is 2. The van der Waals surface area contributed by atoms with Crippen molar-refractivity contribution in [1.82, 2.24) is 9.55 Å². The maximum Gasteiger partial charge on any atom is 0.277 e. The fourth-order valence-electron chi connectivity index (χ4n) is 4.58. The zero-order valence-electron chi connectivity index (χ0n) is 21.1. The number of benzene rings is 5. The Morgan fingerprint density at radius 2 is 1.02 bits per heavy atom. The van der Waals surface area contributed by atoms with Gasteiger partial charge in [0.25, 0.3) is 20.0 Å². The van der Waals surface area contributed by atoms with Crippen molar-refractivity contribution < 1.29 is 16.8 Å². The van der Waals surface area contributed by atoms with E-state index in [1.165, 1.54) is 36.4 Å². The summed E-state index contributed by atoms with van der Waals surface area (Å²) >= 11 is 0. The van der Waals surface area contributed by atoms with Gasteiger partial charge in [0, 0.05) is 11.3 Å². The molecule has 0 aliphatic rings. The van der Waals surface area contributed by atoms with E-state index >= 15 is 0 Å². The van der Waals surface area contributed by atoms with Crippen molar-refractivity contribution in [3.63, 3.8) is 0 Å². The molecule has 0 N–H and O–H groups in total. The van der Waals surface area contributed by atoms with Gasteiger partial charge < -0.3 is 0 Å². The zero-order chi connectivity index (χ0) is 27.7. The summed E-state index contributed by atoms with van der Waals surface area (Å²) < 4.78 is 58.2. The second-order valence-corrected chi connectivity index (χ2v) is 12.8.